The molecule has 4 rings (SSSR count). The van der Waals surface area contributed by atoms with Crippen LogP contribution in [0.15, 0.2) is 61.1 Å². The Morgan fingerprint density at radius 2 is 2.04 bits per heavy atom. The Kier molecular flexibility index (Phi) is 4.76. The van der Waals surface area contributed by atoms with Gasteiger partial charge in [0.1, 0.15) is 12.3 Å². The molecule has 8 heteroatoms. The second-order valence-electron chi connectivity index (χ2n) is 6.37. The van der Waals surface area contributed by atoms with Gasteiger partial charge in [0.25, 0.3) is 5.91 Å². The third-order valence-corrected chi connectivity index (χ3v) is 4.44. The van der Waals surface area contributed by atoms with Crippen molar-refractivity contribution >= 4 is 17.5 Å². The average molecular weight is 377 g/mol. The maximum Gasteiger partial charge on any atom is 0.268 e. The molecule has 2 aromatic heterocycles. The molecule has 0 saturated heterocycles. The molecule has 1 aliphatic heterocycles. The topological polar surface area (TPSA) is 89.3 Å². The fourth-order valence-electron chi connectivity index (χ4n) is 3.08. The van der Waals surface area contributed by atoms with E-state index in [1.807, 2.05) is 18.2 Å². The highest BCUT2D eigenvalue weighted by Gasteiger charge is 2.32. The first-order chi connectivity index (χ1) is 13.6. The van der Waals surface area contributed by atoms with Crippen LogP contribution in [-0.4, -0.2) is 39.2 Å². The molecule has 1 aliphatic rings. The van der Waals surface area contributed by atoms with Gasteiger partial charge in [-0.3, -0.25) is 14.5 Å². The van der Waals surface area contributed by atoms with E-state index in [1.54, 1.807) is 54.5 Å². The first-order valence-electron chi connectivity index (χ1n) is 8.91. The molecule has 1 N–H and O–H groups in total. The Bertz CT molecular complexity index is 1000. The summed E-state index contributed by atoms with van der Waals surface area (Å²) in [7, 11) is 0. The van der Waals surface area contributed by atoms with E-state index in [1.165, 1.54) is 4.90 Å². The maximum atomic E-state index is 12.6. The van der Waals surface area contributed by atoms with E-state index in [9.17, 15) is 9.59 Å². The third-order valence-electron chi connectivity index (χ3n) is 4.44. The highest BCUT2D eigenvalue weighted by atomic mass is 16.5. The number of nitrogens with zero attached hydrogens (tertiary/aromatic N) is 4. The third kappa shape index (κ3) is 3.44. The van der Waals surface area contributed by atoms with Gasteiger partial charge in [0.15, 0.2) is 11.9 Å². The number of amides is 2. The molecular formula is C20H19N5O3. The van der Waals surface area contributed by atoms with Crippen molar-refractivity contribution in [3.05, 3.63) is 66.6 Å². The molecule has 8 nitrogen and oxygen atoms in total. The van der Waals surface area contributed by atoms with Crippen LogP contribution in [0.5, 0.6) is 5.75 Å². The van der Waals surface area contributed by atoms with Gasteiger partial charge in [-0.1, -0.05) is 18.2 Å². The standard InChI is InChI=1S/C20H19N5O3/c1-14-20(27)24(16-7-2-3-8-17(16)28-14)13-18(26)22-12-15-6-4-9-21-19(15)25-11-5-10-23-25/h2-11,14H,12-13H2,1H3,(H,22,26). The van der Waals surface area contributed by atoms with Crippen LogP contribution >= 0.6 is 0 Å². The minimum absolute atomic E-state index is 0.0824. The number of carbonyl (C=O) groups is 2. The number of fused-ring (bicyclic) bond motifs is 1. The van der Waals surface area contributed by atoms with Crippen molar-refractivity contribution in [3.8, 4) is 11.6 Å². The number of pyridine rings is 1. The largest absolute Gasteiger partial charge is 0.479 e. The molecule has 3 aromatic rings. The van der Waals surface area contributed by atoms with E-state index in [0.29, 0.717) is 17.3 Å². The lowest BCUT2D eigenvalue weighted by Crippen LogP contribution is -2.48. The zero-order valence-corrected chi connectivity index (χ0v) is 15.3. The number of hydrogen-bond acceptors (Lipinski definition) is 5. The Morgan fingerprint density at radius 1 is 1.18 bits per heavy atom. The summed E-state index contributed by atoms with van der Waals surface area (Å²) in [5.41, 5.74) is 1.42. The molecule has 3 heterocycles. The van der Waals surface area contributed by atoms with E-state index < -0.39 is 6.10 Å². The van der Waals surface area contributed by atoms with Crippen LogP contribution in [0.3, 0.4) is 0 Å². The van der Waals surface area contributed by atoms with Gasteiger partial charge in [-0.2, -0.15) is 5.10 Å². The van der Waals surface area contributed by atoms with Crippen LogP contribution in [-0.2, 0) is 16.1 Å². The van der Waals surface area contributed by atoms with Gasteiger partial charge in [0.2, 0.25) is 5.91 Å². The molecule has 0 fully saturated rings. The molecule has 0 bridgehead atoms. The minimum atomic E-state index is -0.632. The van der Waals surface area contributed by atoms with Crippen molar-refractivity contribution in [1.29, 1.82) is 0 Å². The number of benzene rings is 1. The van der Waals surface area contributed by atoms with E-state index in [-0.39, 0.29) is 24.9 Å². The number of para-hydroxylation sites is 2. The fraction of sp³-hybridized carbons (Fsp3) is 0.200. The van der Waals surface area contributed by atoms with Crippen LogP contribution in [0, 0.1) is 0 Å². The van der Waals surface area contributed by atoms with Crippen molar-refractivity contribution in [2.75, 3.05) is 11.4 Å². The summed E-state index contributed by atoms with van der Waals surface area (Å²) < 4.78 is 7.25. The van der Waals surface area contributed by atoms with Gasteiger partial charge >= 0.3 is 0 Å². The van der Waals surface area contributed by atoms with Gasteiger partial charge in [0, 0.05) is 30.7 Å². The molecule has 142 valence electrons. The highest BCUT2D eigenvalue weighted by Crippen LogP contribution is 2.33. The number of rotatable bonds is 5. The van der Waals surface area contributed by atoms with Crippen molar-refractivity contribution < 1.29 is 14.3 Å². The lowest BCUT2D eigenvalue weighted by Gasteiger charge is -2.32. The molecule has 2 amide bonds. The summed E-state index contributed by atoms with van der Waals surface area (Å²) >= 11 is 0. The summed E-state index contributed by atoms with van der Waals surface area (Å²) in [5.74, 6) is 0.727. The van der Waals surface area contributed by atoms with Gasteiger partial charge in [-0.05, 0) is 31.2 Å². The van der Waals surface area contributed by atoms with Crippen LogP contribution in [0.2, 0.25) is 0 Å². The number of anilines is 1. The predicted molar refractivity (Wildman–Crippen MR) is 102 cm³/mol. The van der Waals surface area contributed by atoms with Gasteiger partial charge in [-0.25, -0.2) is 9.67 Å². The minimum Gasteiger partial charge on any atom is -0.479 e. The molecule has 0 saturated carbocycles. The molecule has 1 unspecified atom stereocenters. The normalized spacial score (nSPS) is 15.7. The number of hydrogen-bond donors (Lipinski definition) is 1. The maximum absolute atomic E-state index is 12.6. The van der Waals surface area contributed by atoms with E-state index >= 15 is 0 Å². The number of aromatic nitrogens is 3. The van der Waals surface area contributed by atoms with E-state index in [2.05, 4.69) is 15.4 Å². The number of carbonyl (C=O) groups excluding carboxylic acids is 2. The molecule has 28 heavy (non-hydrogen) atoms. The van der Waals surface area contributed by atoms with Gasteiger partial charge < -0.3 is 10.1 Å². The van der Waals surface area contributed by atoms with Crippen LogP contribution in [0.4, 0.5) is 5.69 Å². The van der Waals surface area contributed by atoms with Crippen LogP contribution in [0.1, 0.15) is 12.5 Å². The van der Waals surface area contributed by atoms with Crippen LogP contribution < -0.4 is 15.0 Å². The molecule has 1 aromatic carbocycles. The summed E-state index contributed by atoms with van der Waals surface area (Å²) in [5, 5.41) is 7.05. The SMILES string of the molecule is CC1Oc2ccccc2N(CC(=O)NCc2cccnc2-n2cccn2)C1=O. The summed E-state index contributed by atoms with van der Waals surface area (Å²) in [6.07, 6.45) is 4.50. The first-order valence-corrected chi connectivity index (χ1v) is 8.91. The Morgan fingerprint density at radius 3 is 2.86 bits per heavy atom. The van der Waals surface area contributed by atoms with Gasteiger partial charge in [-0.15, -0.1) is 0 Å². The summed E-state index contributed by atoms with van der Waals surface area (Å²) in [4.78, 5) is 30.9. The van der Waals surface area contributed by atoms with Crippen molar-refractivity contribution in [3.63, 3.8) is 0 Å². The Balaban J connectivity index is 1.47. The van der Waals surface area contributed by atoms with E-state index in [4.69, 9.17) is 4.74 Å². The smallest absolute Gasteiger partial charge is 0.268 e. The fourth-order valence-corrected chi connectivity index (χ4v) is 3.08. The number of nitrogens with one attached hydrogen (secondary N) is 1. The zero-order valence-electron chi connectivity index (χ0n) is 15.3. The lowest BCUT2D eigenvalue weighted by molar-refractivity contribution is -0.128. The monoisotopic (exact) mass is 377 g/mol. The summed E-state index contributed by atoms with van der Waals surface area (Å²) in [6, 6.07) is 12.7. The predicted octanol–water partition coefficient (Wildman–Crippen LogP) is 1.70. The zero-order chi connectivity index (χ0) is 19.5. The Labute approximate surface area is 161 Å². The van der Waals surface area contributed by atoms with Gasteiger partial charge in [0.05, 0.1) is 5.69 Å². The molecule has 0 radical (unpaired) electrons. The molecule has 1 atom stereocenters. The Hall–Kier alpha value is -3.68. The second kappa shape index (κ2) is 7.51. The van der Waals surface area contributed by atoms with Crippen molar-refractivity contribution in [2.45, 2.75) is 19.6 Å². The second-order valence-corrected chi connectivity index (χ2v) is 6.37. The van der Waals surface area contributed by atoms with Crippen LogP contribution in [0.25, 0.3) is 5.82 Å². The van der Waals surface area contributed by atoms with Crippen molar-refractivity contribution in [1.82, 2.24) is 20.1 Å². The highest BCUT2D eigenvalue weighted by molar-refractivity contribution is 6.03. The summed E-state index contributed by atoms with van der Waals surface area (Å²) in [6.45, 7) is 1.87. The first kappa shape index (κ1) is 17.7. The van der Waals surface area contributed by atoms with Crippen molar-refractivity contribution in [2.24, 2.45) is 0 Å². The molecule has 0 spiro atoms. The molecule has 0 aliphatic carbocycles. The van der Waals surface area contributed by atoms with E-state index in [0.717, 1.165) is 5.56 Å². The number of ether oxygens (including phenoxy) is 1. The lowest BCUT2D eigenvalue weighted by atomic mass is 10.2. The molecular weight excluding hydrogens is 358 g/mol. The quantitative estimate of drug-likeness (QED) is 0.731. The average Bonchev–Trinajstić information content (AvgIpc) is 3.25.